The zero-order valence-electron chi connectivity index (χ0n) is 14.0. The molecule has 2 aromatic rings. The van der Waals surface area contributed by atoms with Crippen LogP contribution in [0.4, 0.5) is 5.82 Å². The van der Waals surface area contributed by atoms with E-state index in [9.17, 15) is 19.6 Å². The highest BCUT2D eigenvalue weighted by Gasteiger charge is 2.31. The van der Waals surface area contributed by atoms with E-state index in [1.54, 1.807) is 48.5 Å². The number of aromatic nitrogens is 1. The Hall–Kier alpha value is -2.85. The summed E-state index contributed by atoms with van der Waals surface area (Å²) < 4.78 is 0.756. The Morgan fingerprint density at radius 1 is 1.23 bits per heavy atom. The number of nitrogens with one attached hydrogen (secondary N) is 1. The van der Waals surface area contributed by atoms with E-state index in [2.05, 4.69) is 26.2 Å². The van der Waals surface area contributed by atoms with Gasteiger partial charge in [0.05, 0.1) is 6.07 Å². The Bertz CT molecular complexity index is 862. The standard InChI is InChI=1S/C19H16BrN3O3/c1-12(9-16(24)13-5-4-6-14(20)10-13)18(25)15(11-21)19(26)23-17-7-2-3-8-22-17/h2-8,10,12,15H,9H2,1H3,(H,22,23,26)/t12-,15-/m1/s1. The Labute approximate surface area is 159 Å². The van der Waals surface area contributed by atoms with Crippen molar-refractivity contribution in [1.82, 2.24) is 4.98 Å². The molecular formula is C19H16BrN3O3. The van der Waals surface area contributed by atoms with Gasteiger partial charge in [-0.2, -0.15) is 5.26 Å². The van der Waals surface area contributed by atoms with E-state index >= 15 is 0 Å². The molecule has 1 heterocycles. The van der Waals surface area contributed by atoms with Gasteiger partial charge >= 0.3 is 0 Å². The smallest absolute Gasteiger partial charge is 0.250 e. The third kappa shape index (κ3) is 5.07. The summed E-state index contributed by atoms with van der Waals surface area (Å²) >= 11 is 3.29. The monoisotopic (exact) mass is 413 g/mol. The van der Waals surface area contributed by atoms with Gasteiger partial charge in [0.1, 0.15) is 5.82 Å². The summed E-state index contributed by atoms with van der Waals surface area (Å²) in [7, 11) is 0. The predicted molar refractivity (Wildman–Crippen MR) is 99.2 cm³/mol. The molecule has 0 unspecified atom stereocenters. The molecule has 2 atom stereocenters. The molecule has 0 saturated heterocycles. The summed E-state index contributed by atoms with van der Waals surface area (Å²) in [5, 5.41) is 11.7. The molecule has 1 amide bonds. The summed E-state index contributed by atoms with van der Waals surface area (Å²) in [6.45, 7) is 1.54. The van der Waals surface area contributed by atoms with Crippen LogP contribution in [0.1, 0.15) is 23.7 Å². The number of halogens is 1. The highest BCUT2D eigenvalue weighted by Crippen LogP contribution is 2.18. The molecule has 0 aliphatic carbocycles. The van der Waals surface area contributed by atoms with Crippen LogP contribution in [0.25, 0.3) is 0 Å². The van der Waals surface area contributed by atoms with E-state index in [1.165, 1.54) is 13.1 Å². The van der Waals surface area contributed by atoms with Gasteiger partial charge in [-0.25, -0.2) is 4.98 Å². The summed E-state index contributed by atoms with van der Waals surface area (Å²) in [5.41, 5.74) is 0.463. The molecule has 6 nitrogen and oxygen atoms in total. The van der Waals surface area contributed by atoms with Crippen LogP contribution in [0, 0.1) is 23.2 Å². The lowest BCUT2D eigenvalue weighted by molar-refractivity contribution is -0.131. The van der Waals surface area contributed by atoms with Crippen molar-refractivity contribution in [2.24, 2.45) is 11.8 Å². The third-order valence-electron chi connectivity index (χ3n) is 3.72. The number of pyridine rings is 1. The molecule has 2 rings (SSSR count). The first-order valence-electron chi connectivity index (χ1n) is 7.86. The Kier molecular flexibility index (Phi) is 6.75. The lowest BCUT2D eigenvalue weighted by Gasteiger charge is -2.14. The highest BCUT2D eigenvalue weighted by molar-refractivity contribution is 9.10. The Morgan fingerprint density at radius 3 is 2.62 bits per heavy atom. The second-order valence-corrected chi connectivity index (χ2v) is 6.62. The average Bonchev–Trinajstić information content (AvgIpc) is 2.63. The quantitative estimate of drug-likeness (QED) is 0.553. The molecular weight excluding hydrogens is 398 g/mol. The van der Waals surface area contributed by atoms with E-state index in [0.717, 1.165) is 4.47 Å². The van der Waals surface area contributed by atoms with Crippen molar-refractivity contribution >= 4 is 39.2 Å². The zero-order valence-corrected chi connectivity index (χ0v) is 15.6. The Morgan fingerprint density at radius 2 is 2.00 bits per heavy atom. The number of nitrogens with zero attached hydrogens (tertiary/aromatic N) is 2. The van der Waals surface area contributed by atoms with E-state index in [4.69, 9.17) is 0 Å². The van der Waals surface area contributed by atoms with Gasteiger partial charge in [-0.1, -0.05) is 41.1 Å². The Balaban J connectivity index is 2.03. The molecule has 1 aromatic heterocycles. The van der Waals surface area contributed by atoms with Gasteiger partial charge < -0.3 is 5.32 Å². The van der Waals surface area contributed by atoms with Gasteiger partial charge in [-0.15, -0.1) is 0 Å². The summed E-state index contributed by atoms with van der Waals surface area (Å²) in [6.07, 6.45) is 1.41. The van der Waals surface area contributed by atoms with Gasteiger partial charge in [0, 0.05) is 28.6 Å². The first-order chi connectivity index (χ1) is 12.4. The summed E-state index contributed by atoms with van der Waals surface area (Å²) in [4.78, 5) is 40.9. The molecule has 0 bridgehead atoms. The zero-order chi connectivity index (χ0) is 19.1. The van der Waals surface area contributed by atoms with Crippen LogP contribution in [-0.4, -0.2) is 22.5 Å². The van der Waals surface area contributed by atoms with Crippen LogP contribution in [0.3, 0.4) is 0 Å². The fourth-order valence-corrected chi connectivity index (χ4v) is 2.73. The molecule has 0 spiro atoms. The van der Waals surface area contributed by atoms with Crippen LogP contribution >= 0.6 is 15.9 Å². The molecule has 132 valence electrons. The number of carbonyl (C=O) groups excluding carboxylic acids is 3. The van der Waals surface area contributed by atoms with Gasteiger partial charge in [-0.3, -0.25) is 14.4 Å². The summed E-state index contributed by atoms with van der Waals surface area (Å²) in [5.74, 6) is -3.58. The normalized spacial score (nSPS) is 12.5. The fraction of sp³-hybridized carbons (Fsp3) is 0.211. The largest absolute Gasteiger partial charge is 0.309 e. The van der Waals surface area contributed by atoms with Crippen LogP contribution in [-0.2, 0) is 9.59 Å². The molecule has 1 N–H and O–H groups in total. The van der Waals surface area contributed by atoms with Crippen molar-refractivity contribution < 1.29 is 14.4 Å². The van der Waals surface area contributed by atoms with Crippen LogP contribution < -0.4 is 5.32 Å². The highest BCUT2D eigenvalue weighted by atomic mass is 79.9. The van der Waals surface area contributed by atoms with Gasteiger partial charge in [-0.05, 0) is 24.3 Å². The maximum atomic E-state index is 12.5. The minimum Gasteiger partial charge on any atom is -0.309 e. The van der Waals surface area contributed by atoms with Gasteiger partial charge in [0.25, 0.3) is 5.91 Å². The molecule has 1 aromatic carbocycles. The number of hydrogen-bond acceptors (Lipinski definition) is 5. The number of nitriles is 1. The van der Waals surface area contributed by atoms with Crippen molar-refractivity contribution in [1.29, 1.82) is 5.26 Å². The van der Waals surface area contributed by atoms with Gasteiger partial charge in [0.15, 0.2) is 17.5 Å². The average molecular weight is 414 g/mol. The van der Waals surface area contributed by atoms with E-state index in [-0.39, 0.29) is 18.0 Å². The number of hydrogen-bond donors (Lipinski definition) is 1. The lowest BCUT2D eigenvalue weighted by Crippen LogP contribution is -2.33. The molecule has 0 saturated carbocycles. The minimum atomic E-state index is -1.50. The summed E-state index contributed by atoms with van der Waals surface area (Å²) in [6, 6.07) is 13.4. The number of anilines is 1. The third-order valence-corrected chi connectivity index (χ3v) is 4.21. The number of benzene rings is 1. The van der Waals surface area contributed by atoms with Crippen molar-refractivity contribution in [3.05, 3.63) is 58.7 Å². The fourth-order valence-electron chi connectivity index (χ4n) is 2.33. The van der Waals surface area contributed by atoms with Crippen LogP contribution in [0.15, 0.2) is 53.1 Å². The van der Waals surface area contributed by atoms with Crippen molar-refractivity contribution in [2.75, 3.05) is 5.32 Å². The molecule has 0 aliphatic rings. The van der Waals surface area contributed by atoms with E-state index in [0.29, 0.717) is 5.56 Å². The minimum absolute atomic E-state index is 0.0790. The van der Waals surface area contributed by atoms with Crippen LogP contribution in [0.5, 0.6) is 0 Å². The predicted octanol–water partition coefficient (Wildman–Crippen LogP) is 3.40. The molecule has 0 fully saturated rings. The van der Waals surface area contributed by atoms with Crippen LogP contribution in [0.2, 0.25) is 0 Å². The molecule has 7 heteroatoms. The van der Waals surface area contributed by atoms with Gasteiger partial charge in [0.2, 0.25) is 0 Å². The number of carbonyl (C=O) groups is 3. The number of amides is 1. The van der Waals surface area contributed by atoms with E-state index in [1.807, 2.05) is 0 Å². The second kappa shape index (κ2) is 9.02. The SMILES string of the molecule is C[C@H](CC(=O)c1cccc(Br)c1)C(=O)[C@@H](C#N)C(=O)Nc1ccccn1. The number of rotatable bonds is 7. The first-order valence-corrected chi connectivity index (χ1v) is 8.65. The molecule has 26 heavy (non-hydrogen) atoms. The molecule has 0 aliphatic heterocycles. The number of Topliss-reactive ketones (excluding diaryl/α,β-unsaturated/α-hetero) is 2. The van der Waals surface area contributed by atoms with E-state index < -0.39 is 23.5 Å². The second-order valence-electron chi connectivity index (χ2n) is 5.71. The lowest BCUT2D eigenvalue weighted by atomic mass is 9.89. The molecule has 0 radical (unpaired) electrons. The van der Waals surface area contributed by atoms with Crippen molar-refractivity contribution in [2.45, 2.75) is 13.3 Å². The topological polar surface area (TPSA) is 99.9 Å². The van der Waals surface area contributed by atoms with Crippen molar-refractivity contribution in [3.63, 3.8) is 0 Å². The maximum Gasteiger partial charge on any atom is 0.250 e. The van der Waals surface area contributed by atoms with Crippen molar-refractivity contribution in [3.8, 4) is 6.07 Å². The first kappa shape index (κ1) is 19.5. The number of ketones is 2. The maximum absolute atomic E-state index is 12.5.